The Hall–Kier alpha value is -0.620. The van der Waals surface area contributed by atoms with Crippen LogP contribution in [0, 0.1) is 28.1 Å². The summed E-state index contributed by atoms with van der Waals surface area (Å²) in [5.41, 5.74) is 0.206. The number of aliphatic hydroxyl groups is 7. The molecule has 1 heterocycles. The maximum absolute atomic E-state index is 11.1. The van der Waals surface area contributed by atoms with Crippen LogP contribution in [-0.4, -0.2) is 98.0 Å². The molecule has 3 aliphatic carbocycles. The van der Waals surface area contributed by atoms with Crippen LogP contribution in [0.15, 0.2) is 11.6 Å². The third kappa shape index (κ3) is 4.51. The summed E-state index contributed by atoms with van der Waals surface area (Å²) in [6, 6.07) is 0. The Kier molecular flexibility index (Phi) is 7.52. The minimum Gasteiger partial charge on any atom is -0.394 e. The summed E-state index contributed by atoms with van der Waals surface area (Å²) in [5.74, 6) is 0.564. The van der Waals surface area contributed by atoms with Gasteiger partial charge in [0.15, 0.2) is 6.29 Å². The average Bonchev–Trinajstić information content (AvgIpc) is 2.80. The summed E-state index contributed by atoms with van der Waals surface area (Å²) in [7, 11) is 0. The van der Waals surface area contributed by atoms with E-state index in [1.54, 1.807) is 0 Å². The minimum absolute atomic E-state index is 0.134. The molecule has 2 saturated carbocycles. The van der Waals surface area contributed by atoms with Crippen molar-refractivity contribution < 1.29 is 45.2 Å². The molecule has 9 heteroatoms. The summed E-state index contributed by atoms with van der Waals surface area (Å²) < 4.78 is 11.0. The Bertz CT molecular complexity index is 800. The molecule has 9 nitrogen and oxygen atoms in total. The third-order valence-electron chi connectivity index (χ3n) is 9.95. The number of ether oxygens (including phenoxy) is 2. The summed E-state index contributed by atoms with van der Waals surface area (Å²) in [4.78, 5) is 0. The molecule has 12 unspecified atom stereocenters. The molecule has 0 spiro atoms. The molecular formula is C26H44O9. The maximum Gasteiger partial charge on any atom is 0.186 e. The first-order valence-electron chi connectivity index (χ1n) is 12.9. The first-order valence-corrected chi connectivity index (χ1v) is 12.9. The van der Waals surface area contributed by atoms with Crippen molar-refractivity contribution in [3.8, 4) is 0 Å². The Morgan fingerprint density at radius 2 is 1.71 bits per heavy atom. The topological polar surface area (TPSA) is 160 Å². The molecule has 4 aliphatic rings. The second-order valence-electron chi connectivity index (χ2n) is 12.5. The van der Waals surface area contributed by atoms with E-state index in [-0.39, 0.29) is 23.4 Å². The van der Waals surface area contributed by atoms with Gasteiger partial charge in [0.25, 0.3) is 0 Å². The van der Waals surface area contributed by atoms with Crippen molar-refractivity contribution in [2.75, 3.05) is 13.2 Å². The van der Waals surface area contributed by atoms with E-state index in [4.69, 9.17) is 9.47 Å². The van der Waals surface area contributed by atoms with Crippen molar-refractivity contribution in [3.05, 3.63) is 11.6 Å². The fraction of sp³-hybridized carbons (Fsp3) is 0.923. The maximum atomic E-state index is 11.1. The molecule has 0 aromatic carbocycles. The molecule has 0 bridgehead atoms. The van der Waals surface area contributed by atoms with Crippen molar-refractivity contribution in [2.45, 2.75) is 109 Å². The highest BCUT2D eigenvalue weighted by Gasteiger charge is 2.60. The zero-order valence-electron chi connectivity index (χ0n) is 21.2. The molecule has 1 saturated heterocycles. The van der Waals surface area contributed by atoms with Gasteiger partial charge >= 0.3 is 0 Å². The van der Waals surface area contributed by atoms with Crippen LogP contribution in [0.3, 0.4) is 0 Å². The van der Waals surface area contributed by atoms with Crippen LogP contribution in [0.2, 0.25) is 0 Å². The van der Waals surface area contributed by atoms with Crippen molar-refractivity contribution >= 4 is 0 Å². The Labute approximate surface area is 207 Å². The van der Waals surface area contributed by atoms with E-state index in [1.165, 1.54) is 5.57 Å². The lowest BCUT2D eigenvalue weighted by molar-refractivity contribution is -0.306. The molecule has 4 rings (SSSR count). The van der Waals surface area contributed by atoms with Gasteiger partial charge in [-0.3, -0.25) is 0 Å². The Morgan fingerprint density at radius 1 is 1.03 bits per heavy atom. The van der Waals surface area contributed by atoms with Crippen molar-refractivity contribution in [1.29, 1.82) is 0 Å². The quantitative estimate of drug-likeness (QED) is 0.259. The number of hydrogen-bond acceptors (Lipinski definition) is 9. The van der Waals surface area contributed by atoms with E-state index in [0.29, 0.717) is 18.8 Å². The second-order valence-corrected chi connectivity index (χ2v) is 12.5. The van der Waals surface area contributed by atoms with Crippen LogP contribution in [0.25, 0.3) is 0 Å². The molecule has 0 amide bonds. The Balaban J connectivity index is 1.46. The SMILES string of the molecule is CC1(C(O)COC2OC(CO)C(O)C(O)C2O)C=C2CCC3C(C)(C)C(O)C(O)CC3(C)C2CC1. The third-order valence-corrected chi connectivity index (χ3v) is 9.95. The van der Waals surface area contributed by atoms with Gasteiger partial charge in [-0.2, -0.15) is 0 Å². The molecule has 0 aromatic rings. The minimum atomic E-state index is -1.53. The predicted molar refractivity (Wildman–Crippen MR) is 126 cm³/mol. The van der Waals surface area contributed by atoms with Gasteiger partial charge in [0.05, 0.1) is 31.5 Å². The Morgan fingerprint density at radius 3 is 2.37 bits per heavy atom. The monoisotopic (exact) mass is 500 g/mol. The van der Waals surface area contributed by atoms with E-state index < -0.39 is 61.0 Å². The van der Waals surface area contributed by atoms with Crippen LogP contribution >= 0.6 is 0 Å². The molecule has 202 valence electrons. The van der Waals surface area contributed by atoms with Gasteiger partial charge in [-0.25, -0.2) is 0 Å². The van der Waals surface area contributed by atoms with Gasteiger partial charge in [-0.1, -0.05) is 39.3 Å². The molecule has 35 heavy (non-hydrogen) atoms. The zero-order chi connectivity index (χ0) is 25.9. The highest BCUT2D eigenvalue weighted by atomic mass is 16.7. The van der Waals surface area contributed by atoms with Crippen LogP contribution in [0.1, 0.15) is 59.8 Å². The molecule has 1 aliphatic heterocycles. The normalized spacial score (nSPS) is 50.6. The number of rotatable bonds is 5. The van der Waals surface area contributed by atoms with Crippen LogP contribution in [-0.2, 0) is 9.47 Å². The molecule has 0 radical (unpaired) electrons. The molecule has 3 fully saturated rings. The second kappa shape index (κ2) is 9.60. The lowest BCUT2D eigenvalue weighted by atomic mass is 9.44. The first kappa shape index (κ1) is 27.4. The van der Waals surface area contributed by atoms with Crippen molar-refractivity contribution in [1.82, 2.24) is 0 Å². The van der Waals surface area contributed by atoms with E-state index in [1.807, 2.05) is 6.92 Å². The van der Waals surface area contributed by atoms with Gasteiger partial charge in [0.2, 0.25) is 0 Å². The lowest BCUT2D eigenvalue weighted by Crippen LogP contribution is -2.60. The standard InChI is InChI=1S/C26H44O9/c1-24(2)17-6-5-13-9-25(3,8-7-14(13)26(17,4)10-15(28)22(24)33)18(29)12-34-23-21(32)20(31)19(30)16(11-27)35-23/h9,14-23,27-33H,5-8,10-12H2,1-4H3. The zero-order valence-corrected chi connectivity index (χ0v) is 21.2. The van der Waals surface area contributed by atoms with E-state index in [0.717, 1.165) is 19.3 Å². The fourth-order valence-electron chi connectivity index (χ4n) is 7.74. The summed E-state index contributed by atoms with van der Waals surface area (Å²) in [5, 5.41) is 71.9. The highest BCUT2D eigenvalue weighted by Crippen LogP contribution is 2.64. The van der Waals surface area contributed by atoms with Crippen molar-refractivity contribution in [2.24, 2.45) is 28.1 Å². The summed E-state index contributed by atoms with van der Waals surface area (Å²) in [6.07, 6.45) is -3.14. The number of allylic oxidation sites excluding steroid dienone is 1. The number of aliphatic hydroxyl groups excluding tert-OH is 7. The van der Waals surface area contributed by atoms with Crippen LogP contribution in [0.4, 0.5) is 0 Å². The van der Waals surface area contributed by atoms with Gasteiger partial charge in [0.1, 0.15) is 24.4 Å². The summed E-state index contributed by atoms with van der Waals surface area (Å²) in [6.45, 7) is 7.66. The predicted octanol–water partition coefficient (Wildman–Crippen LogP) is 0.0745. The van der Waals surface area contributed by atoms with E-state index in [9.17, 15) is 35.7 Å². The van der Waals surface area contributed by atoms with E-state index >= 15 is 0 Å². The lowest BCUT2D eigenvalue weighted by Gasteiger charge is -2.62. The van der Waals surface area contributed by atoms with Gasteiger partial charge in [-0.15, -0.1) is 0 Å². The smallest absolute Gasteiger partial charge is 0.186 e. The summed E-state index contributed by atoms with van der Waals surface area (Å²) >= 11 is 0. The molecule has 0 aromatic heterocycles. The van der Waals surface area contributed by atoms with Gasteiger partial charge < -0.3 is 45.2 Å². The largest absolute Gasteiger partial charge is 0.394 e. The average molecular weight is 501 g/mol. The van der Waals surface area contributed by atoms with Gasteiger partial charge in [-0.05, 0) is 54.8 Å². The number of fused-ring (bicyclic) bond motifs is 3. The van der Waals surface area contributed by atoms with E-state index in [2.05, 4.69) is 26.8 Å². The highest BCUT2D eigenvalue weighted by molar-refractivity contribution is 5.26. The molecule has 7 N–H and O–H groups in total. The first-order chi connectivity index (χ1) is 16.3. The number of hydrogen-bond donors (Lipinski definition) is 7. The molecule has 12 atom stereocenters. The molecular weight excluding hydrogens is 456 g/mol. The fourth-order valence-corrected chi connectivity index (χ4v) is 7.74. The van der Waals surface area contributed by atoms with Crippen LogP contribution < -0.4 is 0 Å². The van der Waals surface area contributed by atoms with Crippen molar-refractivity contribution in [3.63, 3.8) is 0 Å². The van der Waals surface area contributed by atoms with Crippen LogP contribution in [0.5, 0.6) is 0 Å². The van der Waals surface area contributed by atoms with Gasteiger partial charge in [0, 0.05) is 5.41 Å².